The molecule has 0 spiro atoms. The second kappa shape index (κ2) is 7.97. The molecule has 1 rings (SSSR count). The molecule has 7 heteroatoms. The van der Waals surface area contributed by atoms with Gasteiger partial charge in [0.2, 0.25) is 5.91 Å². The topological polar surface area (TPSA) is 59.5 Å². The van der Waals surface area contributed by atoms with Crippen molar-refractivity contribution in [3.63, 3.8) is 0 Å². The minimum Gasteiger partial charge on any atom is -0.460 e. The number of halogens is 2. The summed E-state index contributed by atoms with van der Waals surface area (Å²) >= 11 is 11.8. The molecule has 0 saturated carbocycles. The lowest BCUT2D eigenvalue weighted by atomic mass is 10.2. The first-order chi connectivity index (χ1) is 10.5. The largest absolute Gasteiger partial charge is 0.460 e. The minimum absolute atomic E-state index is 0.100. The lowest BCUT2D eigenvalue weighted by molar-refractivity contribution is -0.158. The normalized spacial score (nSPS) is 11.5. The van der Waals surface area contributed by atoms with Gasteiger partial charge in [0.25, 0.3) is 0 Å². The number of pyridine rings is 1. The fraction of sp³-hybridized carbons (Fsp3) is 0.562. The van der Waals surface area contributed by atoms with E-state index in [2.05, 4.69) is 4.98 Å². The second-order valence-corrected chi connectivity index (χ2v) is 7.21. The first-order valence-corrected chi connectivity index (χ1v) is 8.07. The number of nitrogens with zero attached hydrogens (tertiary/aromatic N) is 2. The molecule has 0 aliphatic heterocycles. The molecular formula is C16H22Cl2N2O3. The van der Waals surface area contributed by atoms with Gasteiger partial charge in [-0.3, -0.25) is 9.59 Å². The van der Waals surface area contributed by atoms with Crippen LogP contribution < -0.4 is 0 Å². The third-order valence-corrected chi connectivity index (χ3v) is 3.43. The van der Waals surface area contributed by atoms with Crippen molar-refractivity contribution in [3.05, 3.63) is 28.0 Å². The number of rotatable bonds is 5. The molecule has 0 aliphatic carbocycles. The summed E-state index contributed by atoms with van der Waals surface area (Å²) in [5.41, 5.74) is 0.0472. The highest BCUT2D eigenvalue weighted by atomic mass is 35.5. The first-order valence-electron chi connectivity index (χ1n) is 7.32. The van der Waals surface area contributed by atoms with Gasteiger partial charge in [0.15, 0.2) is 0 Å². The third kappa shape index (κ3) is 6.75. The van der Waals surface area contributed by atoms with Gasteiger partial charge in [0.1, 0.15) is 22.3 Å². The van der Waals surface area contributed by atoms with Crippen LogP contribution in [0.3, 0.4) is 0 Å². The number of hydrogen-bond acceptors (Lipinski definition) is 4. The zero-order valence-electron chi connectivity index (χ0n) is 14.0. The molecule has 0 atom stereocenters. The van der Waals surface area contributed by atoms with Crippen LogP contribution in [0.5, 0.6) is 0 Å². The van der Waals surface area contributed by atoms with E-state index in [9.17, 15) is 9.59 Å². The number of carbonyl (C=O) groups is 2. The summed E-state index contributed by atoms with van der Waals surface area (Å²) in [6.07, 6.45) is -0.311. The van der Waals surface area contributed by atoms with Crippen LogP contribution in [0.25, 0.3) is 0 Å². The Morgan fingerprint density at radius 1 is 1.26 bits per heavy atom. The van der Waals surface area contributed by atoms with E-state index in [0.29, 0.717) is 5.56 Å². The molecule has 1 aromatic heterocycles. The Hall–Kier alpha value is -1.33. The van der Waals surface area contributed by atoms with E-state index < -0.39 is 11.6 Å². The summed E-state index contributed by atoms with van der Waals surface area (Å²) in [7, 11) is 0. The molecule has 0 saturated heterocycles. The Labute approximate surface area is 146 Å². The van der Waals surface area contributed by atoms with Crippen molar-refractivity contribution < 1.29 is 14.3 Å². The maximum Gasteiger partial charge on any atom is 0.315 e. The van der Waals surface area contributed by atoms with Crippen molar-refractivity contribution >= 4 is 35.1 Å². The Balaban J connectivity index is 2.82. The zero-order valence-corrected chi connectivity index (χ0v) is 15.5. The van der Waals surface area contributed by atoms with E-state index in [1.54, 1.807) is 37.8 Å². The predicted octanol–water partition coefficient (Wildman–Crippen LogP) is 3.86. The standard InChI is InChI=1S/C16H22Cl2N2O3/c1-10(2)20(9-11-6-7-12(17)19-15(11)18)13(21)8-14(22)23-16(3,4)5/h6-7,10H,8-9H2,1-5H3. The van der Waals surface area contributed by atoms with Crippen LogP contribution in [-0.4, -0.2) is 33.4 Å². The third-order valence-electron chi connectivity index (χ3n) is 2.89. The summed E-state index contributed by atoms with van der Waals surface area (Å²) in [5.74, 6) is -0.867. The number of amides is 1. The molecule has 128 valence electrons. The van der Waals surface area contributed by atoms with E-state index in [1.165, 1.54) is 0 Å². The molecule has 0 N–H and O–H groups in total. The van der Waals surface area contributed by atoms with Gasteiger partial charge in [0.05, 0.1) is 0 Å². The van der Waals surface area contributed by atoms with E-state index in [1.807, 2.05) is 13.8 Å². The molecule has 0 aromatic carbocycles. The Morgan fingerprint density at radius 3 is 2.35 bits per heavy atom. The summed E-state index contributed by atoms with van der Waals surface area (Å²) < 4.78 is 5.19. The molecule has 1 heterocycles. The van der Waals surface area contributed by atoms with Crippen molar-refractivity contribution in [1.29, 1.82) is 0 Å². The Bertz CT molecular complexity index is 583. The van der Waals surface area contributed by atoms with Gasteiger partial charge < -0.3 is 9.64 Å². The van der Waals surface area contributed by atoms with Crippen LogP contribution in [0.4, 0.5) is 0 Å². The molecular weight excluding hydrogens is 339 g/mol. The summed E-state index contributed by atoms with van der Waals surface area (Å²) in [6.45, 7) is 9.26. The molecule has 0 unspecified atom stereocenters. The number of aromatic nitrogens is 1. The van der Waals surface area contributed by atoms with Gasteiger partial charge in [-0.05, 0) is 40.7 Å². The molecule has 0 aliphatic rings. The summed E-state index contributed by atoms with van der Waals surface area (Å²) in [4.78, 5) is 29.7. The fourth-order valence-electron chi connectivity index (χ4n) is 1.90. The summed E-state index contributed by atoms with van der Waals surface area (Å²) in [6, 6.07) is 3.23. The Kier molecular flexibility index (Phi) is 6.84. The van der Waals surface area contributed by atoms with Gasteiger partial charge >= 0.3 is 5.97 Å². The number of ether oxygens (including phenoxy) is 1. The molecule has 0 bridgehead atoms. The lowest BCUT2D eigenvalue weighted by Crippen LogP contribution is -2.38. The van der Waals surface area contributed by atoms with Crippen LogP contribution in [0.2, 0.25) is 10.3 Å². The van der Waals surface area contributed by atoms with Crippen molar-refractivity contribution in [3.8, 4) is 0 Å². The average molecular weight is 361 g/mol. The summed E-state index contributed by atoms with van der Waals surface area (Å²) in [5, 5.41) is 0.531. The number of esters is 1. The Morgan fingerprint density at radius 2 is 1.87 bits per heavy atom. The van der Waals surface area contributed by atoms with Crippen molar-refractivity contribution in [2.24, 2.45) is 0 Å². The van der Waals surface area contributed by atoms with Crippen LogP contribution in [0.15, 0.2) is 12.1 Å². The van der Waals surface area contributed by atoms with E-state index in [0.717, 1.165) is 0 Å². The van der Waals surface area contributed by atoms with E-state index in [-0.39, 0.29) is 35.2 Å². The van der Waals surface area contributed by atoms with Crippen molar-refractivity contribution in [2.75, 3.05) is 0 Å². The first kappa shape index (κ1) is 19.7. The van der Waals surface area contributed by atoms with Crippen molar-refractivity contribution in [1.82, 2.24) is 9.88 Å². The molecule has 5 nitrogen and oxygen atoms in total. The molecule has 1 aromatic rings. The highest BCUT2D eigenvalue weighted by Crippen LogP contribution is 2.20. The van der Waals surface area contributed by atoms with E-state index in [4.69, 9.17) is 27.9 Å². The van der Waals surface area contributed by atoms with Crippen molar-refractivity contribution in [2.45, 2.75) is 59.2 Å². The van der Waals surface area contributed by atoms with E-state index >= 15 is 0 Å². The molecule has 23 heavy (non-hydrogen) atoms. The number of carbonyl (C=O) groups excluding carboxylic acids is 2. The van der Waals surface area contributed by atoms with Gasteiger partial charge in [-0.2, -0.15) is 0 Å². The molecule has 1 amide bonds. The lowest BCUT2D eigenvalue weighted by Gasteiger charge is -2.27. The number of hydrogen-bond donors (Lipinski definition) is 0. The highest BCUT2D eigenvalue weighted by molar-refractivity contribution is 6.32. The van der Waals surface area contributed by atoms with Gasteiger partial charge in [-0.15, -0.1) is 0 Å². The molecule has 0 fully saturated rings. The second-order valence-electron chi connectivity index (χ2n) is 6.46. The smallest absolute Gasteiger partial charge is 0.315 e. The van der Waals surface area contributed by atoms with Crippen LogP contribution >= 0.6 is 23.2 Å². The quantitative estimate of drug-likeness (QED) is 0.454. The fourth-order valence-corrected chi connectivity index (χ4v) is 2.31. The van der Waals surface area contributed by atoms with Gasteiger partial charge in [-0.25, -0.2) is 4.98 Å². The SMILES string of the molecule is CC(C)N(Cc1ccc(Cl)nc1Cl)C(=O)CC(=O)OC(C)(C)C. The molecule has 0 radical (unpaired) electrons. The van der Waals surface area contributed by atoms with Crippen LogP contribution in [0, 0.1) is 0 Å². The maximum atomic E-state index is 12.4. The monoisotopic (exact) mass is 360 g/mol. The van der Waals surface area contributed by atoms with Crippen LogP contribution in [0.1, 0.15) is 46.6 Å². The predicted molar refractivity (Wildman–Crippen MR) is 90.4 cm³/mol. The van der Waals surface area contributed by atoms with Crippen LogP contribution in [-0.2, 0) is 20.9 Å². The van der Waals surface area contributed by atoms with Gasteiger partial charge in [0, 0.05) is 18.2 Å². The van der Waals surface area contributed by atoms with Gasteiger partial charge in [-0.1, -0.05) is 29.3 Å². The maximum absolute atomic E-state index is 12.4. The highest BCUT2D eigenvalue weighted by Gasteiger charge is 2.24. The zero-order chi connectivity index (χ0) is 17.8. The average Bonchev–Trinajstić information content (AvgIpc) is 2.34. The minimum atomic E-state index is -0.622.